The minimum atomic E-state index is -0.338. The van der Waals surface area contributed by atoms with Crippen molar-refractivity contribution in [1.29, 1.82) is 0 Å². The summed E-state index contributed by atoms with van der Waals surface area (Å²) in [6.45, 7) is 3.61. The van der Waals surface area contributed by atoms with Gasteiger partial charge < -0.3 is 10.5 Å². The van der Waals surface area contributed by atoms with E-state index in [2.05, 4.69) is 15.9 Å². The zero-order valence-electron chi connectivity index (χ0n) is 10.8. The largest absolute Gasteiger partial charge is 0.454 e. The summed E-state index contributed by atoms with van der Waals surface area (Å²) in [6, 6.07) is 10.5. The number of hydrogen-bond donors (Lipinski definition) is 1. The quantitative estimate of drug-likeness (QED) is 0.887. The van der Waals surface area contributed by atoms with Crippen molar-refractivity contribution in [2.45, 2.75) is 19.9 Å². The SMILES string of the molecule is Cc1cccc(Oc2ccc([C@H](C)N)c(Br)c2)c1F. The molecule has 0 saturated heterocycles. The minimum Gasteiger partial charge on any atom is -0.454 e. The summed E-state index contributed by atoms with van der Waals surface area (Å²) in [5.74, 6) is 0.455. The molecule has 2 N–H and O–H groups in total. The predicted octanol–water partition coefficient (Wildman–Crippen LogP) is 4.71. The highest BCUT2D eigenvalue weighted by Gasteiger charge is 2.10. The normalized spacial score (nSPS) is 12.3. The summed E-state index contributed by atoms with van der Waals surface area (Å²) in [5, 5.41) is 0. The molecule has 2 nitrogen and oxygen atoms in total. The highest BCUT2D eigenvalue weighted by Crippen LogP contribution is 2.31. The third kappa shape index (κ3) is 3.14. The van der Waals surface area contributed by atoms with Gasteiger partial charge >= 0.3 is 0 Å². The lowest BCUT2D eigenvalue weighted by atomic mass is 10.1. The predicted molar refractivity (Wildman–Crippen MR) is 78.0 cm³/mol. The maximum Gasteiger partial charge on any atom is 0.168 e. The zero-order chi connectivity index (χ0) is 14.0. The van der Waals surface area contributed by atoms with Gasteiger partial charge in [-0.1, -0.05) is 34.1 Å². The van der Waals surface area contributed by atoms with E-state index in [-0.39, 0.29) is 17.6 Å². The van der Waals surface area contributed by atoms with E-state index >= 15 is 0 Å². The molecule has 0 spiro atoms. The second-order valence-corrected chi connectivity index (χ2v) is 5.32. The maximum absolute atomic E-state index is 13.8. The molecule has 19 heavy (non-hydrogen) atoms. The van der Waals surface area contributed by atoms with Gasteiger partial charge in [0.25, 0.3) is 0 Å². The molecule has 4 heteroatoms. The second kappa shape index (κ2) is 5.72. The Morgan fingerprint density at radius 2 is 2.00 bits per heavy atom. The van der Waals surface area contributed by atoms with Gasteiger partial charge in [-0.25, -0.2) is 4.39 Å². The van der Waals surface area contributed by atoms with Crippen LogP contribution in [0.3, 0.4) is 0 Å². The molecule has 2 aromatic rings. The van der Waals surface area contributed by atoms with Gasteiger partial charge in [0.1, 0.15) is 5.75 Å². The fourth-order valence-corrected chi connectivity index (χ4v) is 2.49. The van der Waals surface area contributed by atoms with Crippen molar-refractivity contribution in [2.24, 2.45) is 5.73 Å². The molecule has 0 aliphatic carbocycles. The molecule has 0 bridgehead atoms. The molecule has 2 aromatic carbocycles. The van der Waals surface area contributed by atoms with Gasteiger partial charge in [-0.3, -0.25) is 0 Å². The van der Waals surface area contributed by atoms with Crippen LogP contribution in [-0.4, -0.2) is 0 Å². The Morgan fingerprint density at radius 3 is 2.63 bits per heavy atom. The average Bonchev–Trinajstić information content (AvgIpc) is 2.34. The van der Waals surface area contributed by atoms with Crippen LogP contribution in [0.4, 0.5) is 4.39 Å². The Labute approximate surface area is 120 Å². The molecule has 0 unspecified atom stereocenters. The summed E-state index contributed by atoms with van der Waals surface area (Å²) >= 11 is 3.44. The summed E-state index contributed by atoms with van der Waals surface area (Å²) in [4.78, 5) is 0. The lowest BCUT2D eigenvalue weighted by Gasteiger charge is -2.12. The molecule has 0 saturated carbocycles. The number of aryl methyl sites for hydroxylation is 1. The van der Waals surface area contributed by atoms with Gasteiger partial charge in [0.05, 0.1) is 0 Å². The highest BCUT2D eigenvalue weighted by atomic mass is 79.9. The smallest absolute Gasteiger partial charge is 0.168 e. The summed E-state index contributed by atoms with van der Waals surface area (Å²) in [6.07, 6.45) is 0. The van der Waals surface area contributed by atoms with Crippen LogP contribution in [0.15, 0.2) is 40.9 Å². The van der Waals surface area contributed by atoms with Crippen LogP contribution in [0.1, 0.15) is 24.1 Å². The standard InChI is InChI=1S/C15H15BrFNO/c1-9-4-3-5-14(15(9)17)19-11-6-7-12(10(2)18)13(16)8-11/h3-8,10H,18H2,1-2H3/t10-/m0/s1. The Kier molecular flexibility index (Phi) is 4.22. The molecule has 100 valence electrons. The van der Waals surface area contributed by atoms with Gasteiger partial charge in [0.2, 0.25) is 0 Å². The monoisotopic (exact) mass is 323 g/mol. The molecule has 0 aliphatic heterocycles. The lowest BCUT2D eigenvalue weighted by Crippen LogP contribution is -2.05. The second-order valence-electron chi connectivity index (χ2n) is 4.46. The average molecular weight is 324 g/mol. The molecule has 0 heterocycles. The molecule has 0 fully saturated rings. The Hall–Kier alpha value is -1.39. The van der Waals surface area contributed by atoms with Crippen molar-refractivity contribution in [2.75, 3.05) is 0 Å². The van der Waals surface area contributed by atoms with Crippen LogP contribution >= 0.6 is 15.9 Å². The van der Waals surface area contributed by atoms with E-state index in [1.54, 1.807) is 37.3 Å². The minimum absolute atomic E-state index is 0.0702. The van der Waals surface area contributed by atoms with Gasteiger partial charge in [0.15, 0.2) is 11.6 Å². The third-order valence-electron chi connectivity index (χ3n) is 2.85. The molecule has 0 amide bonds. The van der Waals surface area contributed by atoms with Crippen molar-refractivity contribution in [3.63, 3.8) is 0 Å². The van der Waals surface area contributed by atoms with Crippen LogP contribution in [0, 0.1) is 12.7 Å². The summed E-state index contributed by atoms with van der Waals surface area (Å²) < 4.78 is 20.3. The van der Waals surface area contributed by atoms with E-state index in [0.29, 0.717) is 11.3 Å². The van der Waals surface area contributed by atoms with Crippen molar-refractivity contribution >= 4 is 15.9 Å². The van der Waals surface area contributed by atoms with Crippen molar-refractivity contribution in [1.82, 2.24) is 0 Å². The van der Waals surface area contributed by atoms with E-state index in [1.807, 2.05) is 13.0 Å². The van der Waals surface area contributed by atoms with E-state index in [4.69, 9.17) is 10.5 Å². The van der Waals surface area contributed by atoms with Gasteiger partial charge in [-0.05, 0) is 43.2 Å². The Bertz CT molecular complexity index is 599. The number of rotatable bonds is 3. The Morgan fingerprint density at radius 1 is 1.26 bits per heavy atom. The summed E-state index contributed by atoms with van der Waals surface area (Å²) in [7, 11) is 0. The van der Waals surface area contributed by atoms with Crippen LogP contribution in [0.2, 0.25) is 0 Å². The van der Waals surface area contributed by atoms with E-state index in [9.17, 15) is 4.39 Å². The van der Waals surface area contributed by atoms with Gasteiger partial charge in [0, 0.05) is 10.5 Å². The topological polar surface area (TPSA) is 35.2 Å². The first kappa shape index (κ1) is 14.0. The molecular formula is C15H15BrFNO. The maximum atomic E-state index is 13.8. The molecule has 0 radical (unpaired) electrons. The van der Waals surface area contributed by atoms with Crippen molar-refractivity contribution in [3.8, 4) is 11.5 Å². The van der Waals surface area contributed by atoms with Crippen LogP contribution in [0.5, 0.6) is 11.5 Å². The molecular weight excluding hydrogens is 309 g/mol. The van der Waals surface area contributed by atoms with E-state index in [1.165, 1.54) is 0 Å². The number of halogens is 2. The third-order valence-corrected chi connectivity index (χ3v) is 3.53. The molecule has 0 aliphatic rings. The van der Waals surface area contributed by atoms with Crippen LogP contribution < -0.4 is 10.5 Å². The zero-order valence-corrected chi connectivity index (χ0v) is 12.4. The van der Waals surface area contributed by atoms with Crippen molar-refractivity contribution in [3.05, 3.63) is 57.8 Å². The van der Waals surface area contributed by atoms with Crippen molar-refractivity contribution < 1.29 is 9.13 Å². The van der Waals surface area contributed by atoms with Crippen LogP contribution in [-0.2, 0) is 0 Å². The highest BCUT2D eigenvalue weighted by molar-refractivity contribution is 9.10. The Balaban J connectivity index is 2.29. The first-order valence-corrected chi connectivity index (χ1v) is 6.76. The molecule has 0 aromatic heterocycles. The summed E-state index contributed by atoms with van der Waals surface area (Å²) in [5.41, 5.74) is 7.37. The van der Waals surface area contributed by atoms with Gasteiger partial charge in [-0.15, -0.1) is 0 Å². The first-order valence-electron chi connectivity index (χ1n) is 5.97. The fourth-order valence-electron chi connectivity index (χ4n) is 1.77. The molecule has 2 rings (SSSR count). The first-order chi connectivity index (χ1) is 8.99. The van der Waals surface area contributed by atoms with E-state index < -0.39 is 0 Å². The van der Waals surface area contributed by atoms with E-state index in [0.717, 1.165) is 10.0 Å². The number of ether oxygens (including phenoxy) is 1. The number of nitrogens with two attached hydrogens (primary N) is 1. The van der Waals surface area contributed by atoms with Crippen LogP contribution in [0.25, 0.3) is 0 Å². The lowest BCUT2D eigenvalue weighted by molar-refractivity contribution is 0.439. The number of hydrogen-bond acceptors (Lipinski definition) is 2. The molecule has 1 atom stereocenters. The number of benzene rings is 2. The fraction of sp³-hybridized carbons (Fsp3) is 0.200. The van der Waals surface area contributed by atoms with Gasteiger partial charge in [-0.2, -0.15) is 0 Å².